The van der Waals surface area contributed by atoms with Gasteiger partial charge in [-0.15, -0.1) is 0 Å². The van der Waals surface area contributed by atoms with Crippen molar-refractivity contribution < 1.29 is 18.7 Å². The maximum Gasteiger partial charge on any atom is 0.413 e. The number of nitrogens with zero attached hydrogens (tertiary/aromatic N) is 5. The van der Waals surface area contributed by atoms with Crippen molar-refractivity contribution in [2.24, 2.45) is 0 Å². The predicted octanol–water partition coefficient (Wildman–Crippen LogP) is 2.12. The van der Waals surface area contributed by atoms with E-state index in [9.17, 15) is 9.18 Å². The molecule has 1 aromatic carbocycles. The maximum absolute atomic E-state index is 14.2. The molecule has 0 saturated carbocycles. The number of carbonyl (C=O) groups excluding carboxylic acids is 1. The first-order valence-electron chi connectivity index (χ1n) is 10.5. The molecule has 0 bridgehead atoms. The van der Waals surface area contributed by atoms with Crippen molar-refractivity contribution >= 4 is 28.8 Å². The number of anilines is 2. The minimum atomic E-state index is -0.728. The Kier molecular flexibility index (Phi) is 5.64. The summed E-state index contributed by atoms with van der Waals surface area (Å²) in [5, 5.41) is 7.86. The molecule has 1 atom stereocenters. The zero-order valence-electron chi connectivity index (χ0n) is 17.9. The molecule has 1 amide bonds. The number of nitrogen functional groups attached to an aromatic ring is 2. The topological polar surface area (TPSA) is 156 Å². The lowest BCUT2D eigenvalue weighted by atomic mass is 10.2. The number of carbonyl (C=O) groups is 1. The molecule has 174 valence electrons. The van der Waals surface area contributed by atoms with Crippen LogP contribution in [0, 0.1) is 5.82 Å². The standard InChI is InChI=1S/C22H21FN8O3/c23-15-6-2-1-4-12(15)10-31-21-14(5-3-8-26-21)16(30-31)20-28-18(24)17(19(25)29-20)34-22(32)27-13-7-9-33-11-13/h1-6,8,13H,7,9-11H2,(H,27,32)(H4,24,25,28,29)/t13-/m0/s1. The van der Waals surface area contributed by atoms with Gasteiger partial charge in [0.25, 0.3) is 0 Å². The van der Waals surface area contributed by atoms with Crippen LogP contribution < -0.4 is 21.5 Å². The highest BCUT2D eigenvalue weighted by Gasteiger charge is 2.23. The number of hydrogen-bond acceptors (Lipinski definition) is 9. The Labute approximate surface area is 192 Å². The number of benzene rings is 1. The Hall–Kier alpha value is -4.32. The summed E-state index contributed by atoms with van der Waals surface area (Å²) in [5.74, 6) is -0.620. The van der Waals surface area contributed by atoms with Crippen LogP contribution >= 0.6 is 0 Å². The molecule has 34 heavy (non-hydrogen) atoms. The van der Waals surface area contributed by atoms with Gasteiger partial charge in [-0.1, -0.05) is 18.2 Å². The first-order valence-corrected chi connectivity index (χ1v) is 10.5. The largest absolute Gasteiger partial charge is 0.413 e. The van der Waals surface area contributed by atoms with Gasteiger partial charge in [0.15, 0.2) is 23.1 Å². The second kappa shape index (κ2) is 8.90. The molecule has 0 radical (unpaired) electrons. The highest BCUT2D eigenvalue weighted by Crippen LogP contribution is 2.31. The summed E-state index contributed by atoms with van der Waals surface area (Å²) in [7, 11) is 0. The Bertz CT molecular complexity index is 1350. The van der Waals surface area contributed by atoms with Crippen LogP contribution in [0.1, 0.15) is 12.0 Å². The summed E-state index contributed by atoms with van der Waals surface area (Å²) in [5.41, 5.74) is 13.4. The molecule has 1 fully saturated rings. The average molecular weight is 464 g/mol. The van der Waals surface area contributed by atoms with Gasteiger partial charge in [0.1, 0.15) is 11.5 Å². The number of nitrogens with two attached hydrogens (primary N) is 2. The lowest BCUT2D eigenvalue weighted by Crippen LogP contribution is -2.37. The van der Waals surface area contributed by atoms with Crippen LogP contribution in [0.5, 0.6) is 5.75 Å². The Morgan fingerprint density at radius 3 is 2.74 bits per heavy atom. The van der Waals surface area contributed by atoms with Crippen LogP contribution in [0.4, 0.5) is 20.8 Å². The maximum atomic E-state index is 14.2. The SMILES string of the molecule is Nc1nc(-c2nn(Cc3ccccc3F)c3ncccc23)nc(N)c1OC(=O)N[C@H]1CCOC1. The van der Waals surface area contributed by atoms with Crippen LogP contribution in [-0.2, 0) is 11.3 Å². The van der Waals surface area contributed by atoms with E-state index >= 15 is 0 Å². The molecule has 12 heteroatoms. The van der Waals surface area contributed by atoms with Gasteiger partial charge in [0, 0.05) is 18.4 Å². The first kappa shape index (κ1) is 21.5. The van der Waals surface area contributed by atoms with Gasteiger partial charge < -0.3 is 26.3 Å². The van der Waals surface area contributed by atoms with Crippen LogP contribution in [0.15, 0.2) is 42.6 Å². The van der Waals surface area contributed by atoms with Gasteiger partial charge in [-0.05, 0) is 24.6 Å². The molecule has 4 aromatic rings. The number of pyridine rings is 1. The van der Waals surface area contributed by atoms with Gasteiger partial charge in [0.05, 0.1) is 24.6 Å². The summed E-state index contributed by atoms with van der Waals surface area (Å²) in [6.45, 7) is 1.13. The number of nitrogens with one attached hydrogen (secondary N) is 1. The van der Waals surface area contributed by atoms with E-state index in [1.54, 1.807) is 41.2 Å². The normalized spacial score (nSPS) is 15.5. The quantitative estimate of drug-likeness (QED) is 0.402. The fourth-order valence-corrected chi connectivity index (χ4v) is 3.71. The van der Waals surface area contributed by atoms with Crippen LogP contribution in [-0.4, -0.2) is 50.1 Å². The lowest BCUT2D eigenvalue weighted by Gasteiger charge is -2.13. The van der Waals surface area contributed by atoms with Crippen LogP contribution in [0.3, 0.4) is 0 Å². The number of ether oxygens (including phenoxy) is 2. The number of hydrogen-bond donors (Lipinski definition) is 3. The van der Waals surface area contributed by atoms with E-state index in [0.29, 0.717) is 41.9 Å². The van der Waals surface area contributed by atoms with Crippen molar-refractivity contribution in [1.29, 1.82) is 0 Å². The number of rotatable bonds is 5. The first-order chi connectivity index (χ1) is 16.5. The van der Waals surface area contributed by atoms with Gasteiger partial charge in [-0.2, -0.15) is 5.10 Å². The number of aromatic nitrogens is 5. The van der Waals surface area contributed by atoms with Crippen LogP contribution in [0.25, 0.3) is 22.6 Å². The summed E-state index contributed by atoms with van der Waals surface area (Å²) in [6, 6.07) is 9.81. The Morgan fingerprint density at radius 2 is 2.00 bits per heavy atom. The number of fused-ring (bicyclic) bond motifs is 1. The average Bonchev–Trinajstić information content (AvgIpc) is 3.46. The van der Waals surface area contributed by atoms with Crippen molar-refractivity contribution in [3.63, 3.8) is 0 Å². The van der Waals surface area contributed by atoms with E-state index in [4.69, 9.17) is 20.9 Å². The molecule has 11 nitrogen and oxygen atoms in total. The van der Waals surface area contributed by atoms with Crippen molar-refractivity contribution in [3.8, 4) is 17.3 Å². The minimum absolute atomic E-state index is 0.122. The molecule has 1 saturated heterocycles. The van der Waals surface area contributed by atoms with Crippen molar-refractivity contribution in [3.05, 3.63) is 54.0 Å². The zero-order valence-corrected chi connectivity index (χ0v) is 17.9. The summed E-state index contributed by atoms with van der Waals surface area (Å²) < 4.78 is 26.2. The van der Waals surface area contributed by atoms with Crippen LogP contribution in [0.2, 0.25) is 0 Å². The van der Waals surface area contributed by atoms with E-state index in [1.165, 1.54) is 6.07 Å². The monoisotopic (exact) mass is 464 g/mol. The molecule has 1 aliphatic heterocycles. The highest BCUT2D eigenvalue weighted by molar-refractivity contribution is 5.90. The van der Waals surface area contributed by atoms with E-state index in [2.05, 4.69) is 25.4 Å². The van der Waals surface area contributed by atoms with Gasteiger partial charge in [-0.25, -0.2) is 28.8 Å². The molecule has 0 aliphatic carbocycles. The van der Waals surface area contributed by atoms with E-state index < -0.39 is 6.09 Å². The lowest BCUT2D eigenvalue weighted by molar-refractivity contribution is 0.178. The molecule has 5 N–H and O–H groups in total. The molecule has 5 rings (SSSR count). The molecule has 0 unspecified atom stereocenters. The predicted molar refractivity (Wildman–Crippen MR) is 121 cm³/mol. The summed E-state index contributed by atoms with van der Waals surface area (Å²) in [4.78, 5) is 25.1. The van der Waals surface area contributed by atoms with Crippen molar-refractivity contribution in [2.45, 2.75) is 19.0 Å². The second-order valence-electron chi connectivity index (χ2n) is 7.71. The molecule has 0 spiro atoms. The smallest absolute Gasteiger partial charge is 0.402 e. The van der Waals surface area contributed by atoms with E-state index in [-0.39, 0.29) is 41.6 Å². The second-order valence-corrected chi connectivity index (χ2v) is 7.71. The van der Waals surface area contributed by atoms with Gasteiger partial charge in [0.2, 0.25) is 5.75 Å². The highest BCUT2D eigenvalue weighted by atomic mass is 19.1. The van der Waals surface area contributed by atoms with Gasteiger partial charge in [-0.3, -0.25) is 0 Å². The Balaban J connectivity index is 1.46. The summed E-state index contributed by atoms with van der Waals surface area (Å²) in [6.07, 6.45) is 1.57. The summed E-state index contributed by atoms with van der Waals surface area (Å²) >= 11 is 0. The molecular formula is C22H21FN8O3. The molecular weight excluding hydrogens is 443 g/mol. The van der Waals surface area contributed by atoms with Crippen molar-refractivity contribution in [2.75, 3.05) is 24.7 Å². The number of amides is 1. The van der Waals surface area contributed by atoms with Gasteiger partial charge >= 0.3 is 6.09 Å². The third-order valence-electron chi connectivity index (χ3n) is 5.36. The third-order valence-corrected chi connectivity index (χ3v) is 5.36. The fourth-order valence-electron chi connectivity index (χ4n) is 3.71. The van der Waals surface area contributed by atoms with Crippen molar-refractivity contribution in [1.82, 2.24) is 30.0 Å². The fraction of sp³-hybridized carbons (Fsp3) is 0.227. The minimum Gasteiger partial charge on any atom is -0.402 e. The molecule has 4 heterocycles. The molecule has 1 aliphatic rings. The Morgan fingerprint density at radius 1 is 1.21 bits per heavy atom. The molecule has 3 aromatic heterocycles. The van der Waals surface area contributed by atoms with E-state index in [0.717, 1.165) is 0 Å². The zero-order chi connectivity index (χ0) is 23.7. The third kappa shape index (κ3) is 4.18. The van der Waals surface area contributed by atoms with E-state index in [1.807, 2.05) is 0 Å². The number of halogens is 1.